The fourth-order valence-corrected chi connectivity index (χ4v) is 2.23. The summed E-state index contributed by atoms with van der Waals surface area (Å²) < 4.78 is 5.39. The van der Waals surface area contributed by atoms with Gasteiger partial charge in [-0.2, -0.15) is 0 Å². The first kappa shape index (κ1) is 19.8. The molecule has 27 heavy (non-hydrogen) atoms. The first-order chi connectivity index (χ1) is 12.8. The largest absolute Gasteiger partial charge is 0.480 e. The van der Waals surface area contributed by atoms with E-state index < -0.39 is 29.3 Å². The van der Waals surface area contributed by atoms with Crippen molar-refractivity contribution in [1.82, 2.24) is 10.6 Å². The van der Waals surface area contributed by atoms with Gasteiger partial charge in [-0.3, -0.25) is 24.5 Å². The Morgan fingerprint density at radius 2 is 2.00 bits per heavy atom. The second-order valence-corrected chi connectivity index (χ2v) is 5.83. The van der Waals surface area contributed by atoms with Gasteiger partial charge < -0.3 is 20.2 Å². The van der Waals surface area contributed by atoms with Crippen molar-refractivity contribution in [1.29, 1.82) is 0 Å². The molecule has 0 saturated carbocycles. The predicted molar refractivity (Wildman–Crippen MR) is 95.6 cm³/mol. The zero-order chi connectivity index (χ0) is 20.0. The number of furan rings is 1. The van der Waals surface area contributed by atoms with Crippen LogP contribution in [0.1, 0.15) is 16.1 Å². The SMILES string of the molecule is O=C(O)CNC(=O)C(=Cc1cccc([N+](=O)[O-])c1)NC(=O)c1ccc(Br)o1. The fourth-order valence-electron chi connectivity index (χ4n) is 1.92. The summed E-state index contributed by atoms with van der Waals surface area (Å²) in [7, 11) is 0. The number of non-ortho nitro benzene ring substituents is 1. The van der Waals surface area contributed by atoms with Crippen molar-refractivity contribution in [3.05, 3.63) is 68.2 Å². The molecule has 0 unspecified atom stereocenters. The van der Waals surface area contributed by atoms with Crippen LogP contribution in [0.25, 0.3) is 6.08 Å². The third-order valence-corrected chi connectivity index (χ3v) is 3.51. The summed E-state index contributed by atoms with van der Waals surface area (Å²) in [6.45, 7) is -0.673. The van der Waals surface area contributed by atoms with Crippen LogP contribution in [0.2, 0.25) is 0 Å². The van der Waals surface area contributed by atoms with Crippen molar-refractivity contribution >= 4 is 45.5 Å². The Morgan fingerprint density at radius 3 is 2.59 bits per heavy atom. The number of nitrogens with one attached hydrogen (secondary N) is 2. The Balaban J connectivity index is 2.32. The van der Waals surface area contributed by atoms with Crippen LogP contribution in [-0.2, 0) is 9.59 Å². The molecule has 1 heterocycles. The van der Waals surface area contributed by atoms with E-state index in [1.54, 1.807) is 0 Å². The van der Waals surface area contributed by atoms with Gasteiger partial charge in [0.1, 0.15) is 12.2 Å². The summed E-state index contributed by atoms with van der Waals surface area (Å²) in [5.41, 5.74) is -0.268. The Bertz CT molecular complexity index is 936. The zero-order valence-electron chi connectivity index (χ0n) is 13.5. The molecule has 11 heteroatoms. The van der Waals surface area contributed by atoms with E-state index in [-0.39, 0.29) is 22.7 Å². The summed E-state index contributed by atoms with van der Waals surface area (Å²) in [6.07, 6.45) is 1.18. The van der Waals surface area contributed by atoms with Gasteiger partial charge in [-0.1, -0.05) is 12.1 Å². The number of halogens is 1. The number of rotatable bonds is 7. The Hall–Kier alpha value is -3.47. The third-order valence-electron chi connectivity index (χ3n) is 3.08. The number of nitro benzene ring substituents is 1. The minimum Gasteiger partial charge on any atom is -0.480 e. The van der Waals surface area contributed by atoms with Gasteiger partial charge in [-0.05, 0) is 39.7 Å². The molecule has 0 fully saturated rings. The summed E-state index contributed by atoms with van der Waals surface area (Å²) in [6, 6.07) is 8.18. The quantitative estimate of drug-likeness (QED) is 0.339. The van der Waals surface area contributed by atoms with Crippen LogP contribution in [0.3, 0.4) is 0 Å². The number of nitro groups is 1. The monoisotopic (exact) mass is 437 g/mol. The maximum absolute atomic E-state index is 12.2. The van der Waals surface area contributed by atoms with Gasteiger partial charge in [0.25, 0.3) is 17.5 Å². The van der Waals surface area contributed by atoms with Gasteiger partial charge in [0.15, 0.2) is 10.4 Å². The summed E-state index contributed by atoms with van der Waals surface area (Å²) in [5.74, 6) is -3.03. The molecule has 140 valence electrons. The highest BCUT2D eigenvalue weighted by Crippen LogP contribution is 2.17. The van der Waals surface area contributed by atoms with Crippen molar-refractivity contribution in [2.75, 3.05) is 6.54 Å². The number of carbonyl (C=O) groups is 3. The standard InChI is InChI=1S/C16H12BrN3O7/c17-13-5-4-12(27-13)16(24)19-11(15(23)18-8-14(21)22)7-9-2-1-3-10(6-9)20(25)26/h1-7H,8H2,(H,18,23)(H,19,24)(H,21,22). The molecule has 10 nitrogen and oxygen atoms in total. The van der Waals surface area contributed by atoms with E-state index in [2.05, 4.69) is 26.6 Å². The molecular formula is C16H12BrN3O7. The lowest BCUT2D eigenvalue weighted by molar-refractivity contribution is -0.384. The number of hydrogen-bond donors (Lipinski definition) is 3. The van der Waals surface area contributed by atoms with Crippen LogP contribution in [0.15, 0.2) is 51.2 Å². The van der Waals surface area contributed by atoms with E-state index in [0.717, 1.165) is 0 Å². The molecule has 0 aliphatic rings. The molecule has 0 bridgehead atoms. The molecule has 0 spiro atoms. The molecule has 2 aromatic rings. The van der Waals surface area contributed by atoms with Crippen molar-refractivity contribution in [2.24, 2.45) is 0 Å². The first-order valence-corrected chi connectivity index (χ1v) is 8.08. The van der Waals surface area contributed by atoms with E-state index in [1.807, 2.05) is 0 Å². The maximum atomic E-state index is 12.2. The highest BCUT2D eigenvalue weighted by Gasteiger charge is 2.18. The maximum Gasteiger partial charge on any atom is 0.322 e. The van der Waals surface area contributed by atoms with Crippen LogP contribution in [0.4, 0.5) is 5.69 Å². The molecule has 0 aliphatic heterocycles. The van der Waals surface area contributed by atoms with Crippen LogP contribution >= 0.6 is 15.9 Å². The van der Waals surface area contributed by atoms with Gasteiger partial charge in [-0.15, -0.1) is 0 Å². The minimum atomic E-state index is -1.28. The molecule has 1 aromatic heterocycles. The topological polar surface area (TPSA) is 152 Å². The molecule has 0 saturated heterocycles. The lowest BCUT2D eigenvalue weighted by Gasteiger charge is -2.09. The molecule has 1 aromatic carbocycles. The second-order valence-electron chi connectivity index (χ2n) is 5.04. The number of aliphatic carboxylic acids is 1. The lowest BCUT2D eigenvalue weighted by Crippen LogP contribution is -2.37. The van der Waals surface area contributed by atoms with Gasteiger partial charge in [0, 0.05) is 12.1 Å². The van der Waals surface area contributed by atoms with E-state index in [1.165, 1.54) is 42.5 Å². The third kappa shape index (κ3) is 5.78. The average Bonchev–Trinajstić information content (AvgIpc) is 3.05. The van der Waals surface area contributed by atoms with Gasteiger partial charge in [-0.25, -0.2) is 0 Å². The lowest BCUT2D eigenvalue weighted by atomic mass is 10.1. The van der Waals surface area contributed by atoms with E-state index in [9.17, 15) is 24.5 Å². The smallest absolute Gasteiger partial charge is 0.322 e. The number of carboxylic acids is 1. The highest BCUT2D eigenvalue weighted by molar-refractivity contribution is 9.10. The zero-order valence-corrected chi connectivity index (χ0v) is 15.1. The van der Waals surface area contributed by atoms with Gasteiger partial charge in [0.2, 0.25) is 0 Å². The molecule has 2 amide bonds. The molecule has 2 rings (SSSR count). The number of amides is 2. The Kier molecular flexibility index (Phi) is 6.44. The van der Waals surface area contributed by atoms with E-state index in [4.69, 9.17) is 9.52 Å². The summed E-state index contributed by atoms with van der Waals surface area (Å²) in [4.78, 5) is 45.3. The highest BCUT2D eigenvalue weighted by atomic mass is 79.9. The van der Waals surface area contributed by atoms with Gasteiger partial charge >= 0.3 is 5.97 Å². The normalized spacial score (nSPS) is 10.9. The first-order valence-electron chi connectivity index (χ1n) is 7.29. The molecular weight excluding hydrogens is 426 g/mol. The summed E-state index contributed by atoms with van der Waals surface area (Å²) >= 11 is 3.04. The van der Waals surface area contributed by atoms with Crippen LogP contribution in [0, 0.1) is 10.1 Å². The number of hydrogen-bond acceptors (Lipinski definition) is 6. The molecule has 3 N–H and O–H groups in total. The Morgan fingerprint density at radius 1 is 1.26 bits per heavy atom. The Labute approximate surface area is 160 Å². The second kappa shape index (κ2) is 8.76. The molecule has 0 radical (unpaired) electrons. The van der Waals surface area contributed by atoms with Crippen molar-refractivity contribution in [2.45, 2.75) is 0 Å². The number of carbonyl (C=O) groups excluding carboxylic acids is 2. The molecule has 0 atom stereocenters. The predicted octanol–water partition coefficient (Wildman–Crippen LogP) is 1.92. The fraction of sp³-hybridized carbons (Fsp3) is 0.0625. The van der Waals surface area contributed by atoms with E-state index in [0.29, 0.717) is 4.67 Å². The average molecular weight is 438 g/mol. The van der Waals surface area contributed by atoms with Crippen LogP contribution < -0.4 is 10.6 Å². The van der Waals surface area contributed by atoms with Crippen LogP contribution in [0.5, 0.6) is 0 Å². The van der Waals surface area contributed by atoms with Crippen molar-refractivity contribution in [3.63, 3.8) is 0 Å². The number of nitrogens with zero attached hydrogens (tertiary/aromatic N) is 1. The van der Waals surface area contributed by atoms with Crippen LogP contribution in [-0.4, -0.2) is 34.4 Å². The summed E-state index contributed by atoms with van der Waals surface area (Å²) in [5, 5.41) is 24.0. The van der Waals surface area contributed by atoms with Gasteiger partial charge in [0.05, 0.1) is 4.92 Å². The van der Waals surface area contributed by atoms with Crippen molar-refractivity contribution in [3.8, 4) is 0 Å². The molecule has 0 aliphatic carbocycles. The number of carboxylic acid groups (broad SMARTS) is 1. The minimum absolute atomic E-state index is 0.0992. The van der Waals surface area contributed by atoms with E-state index >= 15 is 0 Å². The number of benzene rings is 1. The van der Waals surface area contributed by atoms with Crippen molar-refractivity contribution < 1.29 is 28.8 Å².